The number of esters is 1. The number of benzene rings is 1. The monoisotopic (exact) mass is 386 g/mol. The molecule has 0 amide bonds. The number of nitrogens with zero attached hydrogens (tertiary/aromatic N) is 4. The van der Waals surface area contributed by atoms with Gasteiger partial charge >= 0.3 is 5.97 Å². The number of ether oxygens (including phenoxy) is 2. The maximum Gasteiger partial charge on any atom is 0.339 e. The van der Waals surface area contributed by atoms with E-state index < -0.39 is 5.97 Å². The second kappa shape index (κ2) is 9.34. The molecule has 0 spiro atoms. The highest BCUT2D eigenvalue weighted by atomic mass is 16.5. The molecule has 1 aliphatic heterocycles. The van der Waals surface area contributed by atoms with Crippen LogP contribution in [0.1, 0.15) is 10.4 Å². The summed E-state index contributed by atoms with van der Waals surface area (Å²) in [6, 6.07) is 7.15. The van der Waals surface area contributed by atoms with Crippen LogP contribution in [0.15, 0.2) is 30.6 Å². The van der Waals surface area contributed by atoms with Gasteiger partial charge in [0.2, 0.25) is 0 Å². The van der Waals surface area contributed by atoms with Crippen LogP contribution in [-0.4, -0.2) is 74.4 Å². The molecule has 3 rings (SSSR count). The number of rotatable bonds is 7. The van der Waals surface area contributed by atoms with Gasteiger partial charge in [0.15, 0.2) is 11.6 Å². The Labute approximate surface area is 164 Å². The lowest BCUT2D eigenvalue weighted by atomic mass is 10.1. The van der Waals surface area contributed by atoms with Crippen molar-refractivity contribution in [1.29, 1.82) is 0 Å². The van der Waals surface area contributed by atoms with Crippen molar-refractivity contribution in [3.8, 4) is 0 Å². The van der Waals surface area contributed by atoms with E-state index in [-0.39, 0.29) is 0 Å². The Balaban J connectivity index is 1.74. The molecule has 1 aliphatic rings. The quantitative estimate of drug-likeness (QED) is 0.682. The van der Waals surface area contributed by atoms with Crippen LogP contribution in [0.5, 0.6) is 0 Å². The number of nitrogen functional groups attached to an aromatic ring is 1. The van der Waals surface area contributed by atoms with Crippen molar-refractivity contribution in [2.45, 2.75) is 0 Å². The third-order valence-electron chi connectivity index (χ3n) is 4.68. The molecule has 1 fully saturated rings. The zero-order valence-corrected chi connectivity index (χ0v) is 16.2. The van der Waals surface area contributed by atoms with Gasteiger partial charge < -0.3 is 25.4 Å². The summed E-state index contributed by atoms with van der Waals surface area (Å²) in [5, 5.41) is 3.28. The maximum atomic E-state index is 12.1. The molecule has 9 heteroatoms. The minimum absolute atomic E-state index is 0.418. The molecule has 9 nitrogen and oxygen atoms in total. The molecule has 0 radical (unpaired) electrons. The summed E-state index contributed by atoms with van der Waals surface area (Å²) < 4.78 is 10.2. The van der Waals surface area contributed by atoms with Gasteiger partial charge in [-0.1, -0.05) is 12.1 Å². The molecule has 0 bridgehead atoms. The number of carbonyl (C=O) groups is 1. The van der Waals surface area contributed by atoms with Crippen molar-refractivity contribution in [3.05, 3.63) is 36.2 Å². The van der Waals surface area contributed by atoms with Crippen LogP contribution in [0.2, 0.25) is 0 Å². The molecular formula is C19H26N6O3. The second-order valence-electron chi connectivity index (χ2n) is 6.41. The number of nitrogens with one attached hydrogen (secondary N) is 1. The topological polar surface area (TPSA) is 106 Å². The van der Waals surface area contributed by atoms with Gasteiger partial charge in [-0.05, 0) is 12.1 Å². The normalized spacial score (nSPS) is 14.5. The molecule has 2 heterocycles. The van der Waals surface area contributed by atoms with Crippen LogP contribution in [0.3, 0.4) is 0 Å². The average Bonchev–Trinajstić information content (AvgIpc) is 2.74. The minimum Gasteiger partial charge on any atom is -0.465 e. The number of methoxy groups -OCH3 is 1. The van der Waals surface area contributed by atoms with Gasteiger partial charge in [0, 0.05) is 33.2 Å². The molecule has 1 saturated heterocycles. The van der Waals surface area contributed by atoms with Crippen LogP contribution < -0.4 is 16.0 Å². The van der Waals surface area contributed by atoms with E-state index in [1.54, 1.807) is 24.1 Å². The number of aromatic nitrogens is 2. The largest absolute Gasteiger partial charge is 0.465 e. The second-order valence-corrected chi connectivity index (χ2v) is 6.41. The Hall–Kier alpha value is -2.91. The molecule has 1 aromatic heterocycles. The van der Waals surface area contributed by atoms with Crippen LogP contribution >= 0.6 is 0 Å². The number of nitrogens with two attached hydrogens (primary N) is 1. The van der Waals surface area contributed by atoms with Crippen molar-refractivity contribution < 1.29 is 14.3 Å². The van der Waals surface area contributed by atoms with E-state index in [1.807, 2.05) is 12.1 Å². The fourth-order valence-electron chi connectivity index (χ4n) is 3.11. The predicted octanol–water partition coefficient (Wildman–Crippen LogP) is 1.36. The lowest BCUT2D eigenvalue weighted by Gasteiger charge is -2.27. The molecule has 150 valence electrons. The highest BCUT2D eigenvalue weighted by Crippen LogP contribution is 2.32. The molecular weight excluding hydrogens is 360 g/mol. The Morgan fingerprint density at radius 3 is 2.82 bits per heavy atom. The van der Waals surface area contributed by atoms with Gasteiger partial charge in [-0.15, -0.1) is 0 Å². The lowest BCUT2D eigenvalue weighted by molar-refractivity contribution is 0.0398. The SMILES string of the molecule is COC(=O)c1ccccc1N(C)c1ncnc(NCCN2CCOCC2)c1N. The van der Waals surface area contributed by atoms with E-state index in [0.717, 1.165) is 32.8 Å². The first-order valence-electron chi connectivity index (χ1n) is 9.17. The van der Waals surface area contributed by atoms with Crippen molar-refractivity contribution >= 4 is 29.0 Å². The smallest absolute Gasteiger partial charge is 0.339 e. The van der Waals surface area contributed by atoms with Gasteiger partial charge in [0.1, 0.15) is 12.0 Å². The number of morpholine rings is 1. The van der Waals surface area contributed by atoms with Crippen molar-refractivity contribution in [3.63, 3.8) is 0 Å². The van der Waals surface area contributed by atoms with Gasteiger partial charge in [-0.3, -0.25) is 4.90 Å². The number of hydrogen-bond acceptors (Lipinski definition) is 9. The van der Waals surface area contributed by atoms with E-state index in [9.17, 15) is 4.79 Å². The Morgan fingerprint density at radius 2 is 2.07 bits per heavy atom. The zero-order chi connectivity index (χ0) is 19.9. The van der Waals surface area contributed by atoms with Crippen LogP contribution in [0.25, 0.3) is 0 Å². The van der Waals surface area contributed by atoms with Gasteiger partial charge in [-0.25, -0.2) is 14.8 Å². The van der Waals surface area contributed by atoms with Gasteiger partial charge in [0.25, 0.3) is 0 Å². The van der Waals surface area contributed by atoms with E-state index in [4.69, 9.17) is 15.2 Å². The summed E-state index contributed by atoms with van der Waals surface area (Å²) in [5.41, 5.74) is 7.83. The highest BCUT2D eigenvalue weighted by molar-refractivity contribution is 5.97. The zero-order valence-electron chi connectivity index (χ0n) is 16.2. The summed E-state index contributed by atoms with van der Waals surface area (Å²) in [4.78, 5) is 24.7. The van der Waals surface area contributed by atoms with Crippen LogP contribution in [0, 0.1) is 0 Å². The first-order chi connectivity index (χ1) is 13.6. The fraction of sp³-hybridized carbons (Fsp3) is 0.421. The number of carbonyl (C=O) groups excluding carboxylic acids is 1. The first-order valence-corrected chi connectivity index (χ1v) is 9.17. The lowest BCUT2D eigenvalue weighted by Crippen LogP contribution is -2.39. The van der Waals surface area contributed by atoms with Gasteiger partial charge in [0.05, 0.1) is 31.6 Å². The molecule has 3 N–H and O–H groups in total. The van der Waals surface area contributed by atoms with E-state index in [2.05, 4.69) is 20.2 Å². The Morgan fingerprint density at radius 1 is 1.32 bits per heavy atom. The third kappa shape index (κ3) is 4.49. The summed E-state index contributed by atoms with van der Waals surface area (Å²) in [6.45, 7) is 4.99. The number of para-hydroxylation sites is 1. The molecule has 0 saturated carbocycles. The van der Waals surface area contributed by atoms with Crippen molar-refractivity contribution in [1.82, 2.24) is 14.9 Å². The number of anilines is 4. The maximum absolute atomic E-state index is 12.1. The molecule has 28 heavy (non-hydrogen) atoms. The van der Waals surface area contributed by atoms with E-state index in [1.165, 1.54) is 13.4 Å². The van der Waals surface area contributed by atoms with E-state index >= 15 is 0 Å². The van der Waals surface area contributed by atoms with Crippen molar-refractivity contribution in [2.24, 2.45) is 0 Å². The van der Waals surface area contributed by atoms with E-state index in [0.29, 0.717) is 35.1 Å². The molecule has 2 aromatic rings. The highest BCUT2D eigenvalue weighted by Gasteiger charge is 2.19. The fourth-order valence-corrected chi connectivity index (χ4v) is 3.11. The Bertz CT molecular complexity index is 810. The molecule has 1 aromatic carbocycles. The molecule has 0 aliphatic carbocycles. The molecule has 0 atom stereocenters. The van der Waals surface area contributed by atoms with Crippen LogP contribution in [-0.2, 0) is 9.47 Å². The van der Waals surface area contributed by atoms with Gasteiger partial charge in [-0.2, -0.15) is 0 Å². The summed E-state index contributed by atoms with van der Waals surface area (Å²) in [6.07, 6.45) is 1.46. The standard InChI is InChI=1S/C19H26N6O3/c1-24(15-6-4-3-5-14(15)19(26)27-2)18-16(20)17(22-13-23-18)21-7-8-25-9-11-28-12-10-25/h3-6,13H,7-12,20H2,1-2H3,(H,21,22,23). The summed E-state index contributed by atoms with van der Waals surface area (Å²) >= 11 is 0. The first kappa shape index (κ1) is 19.8. The van der Waals surface area contributed by atoms with Crippen molar-refractivity contribution in [2.75, 3.05) is 69.5 Å². The average molecular weight is 386 g/mol. The van der Waals surface area contributed by atoms with Crippen LogP contribution in [0.4, 0.5) is 23.0 Å². The minimum atomic E-state index is -0.418. The summed E-state index contributed by atoms with van der Waals surface area (Å²) in [7, 11) is 3.16. The predicted molar refractivity (Wildman–Crippen MR) is 108 cm³/mol. The Kier molecular flexibility index (Phi) is 6.62. The third-order valence-corrected chi connectivity index (χ3v) is 4.68. The summed E-state index contributed by atoms with van der Waals surface area (Å²) in [5.74, 6) is 0.667. The molecule has 0 unspecified atom stereocenters. The number of hydrogen-bond donors (Lipinski definition) is 2.